The first-order valence-electron chi connectivity index (χ1n) is 8.34. The second-order valence-electron chi connectivity index (χ2n) is 5.98. The van der Waals surface area contributed by atoms with E-state index < -0.39 is 0 Å². The van der Waals surface area contributed by atoms with Gasteiger partial charge < -0.3 is 10.3 Å². The van der Waals surface area contributed by atoms with Crippen LogP contribution in [0.15, 0.2) is 47.3 Å². The Morgan fingerprint density at radius 1 is 1.12 bits per heavy atom. The summed E-state index contributed by atoms with van der Waals surface area (Å²) in [6, 6.07) is 14.1. The van der Waals surface area contributed by atoms with Crippen LogP contribution < -0.4 is 10.9 Å². The Bertz CT molecular complexity index is 934. The summed E-state index contributed by atoms with van der Waals surface area (Å²) in [5, 5.41) is 4.23. The minimum absolute atomic E-state index is 0. The summed E-state index contributed by atoms with van der Waals surface area (Å²) in [6.45, 7) is 5.48. The van der Waals surface area contributed by atoms with Gasteiger partial charge in [-0.2, -0.15) is 0 Å². The van der Waals surface area contributed by atoms with E-state index in [9.17, 15) is 4.79 Å². The summed E-state index contributed by atoms with van der Waals surface area (Å²) in [5.74, 6) is 0. The van der Waals surface area contributed by atoms with E-state index in [1.807, 2.05) is 44.2 Å². The molecule has 0 bridgehead atoms. The van der Waals surface area contributed by atoms with Gasteiger partial charge in [-0.05, 0) is 43.2 Å². The molecule has 2 aromatic heterocycles. The lowest BCUT2D eigenvalue weighted by Crippen LogP contribution is -2.13. The van der Waals surface area contributed by atoms with Crippen molar-refractivity contribution in [2.75, 3.05) is 0 Å². The second-order valence-corrected chi connectivity index (χ2v) is 7.55. The number of hydrogen-bond donors (Lipinski definition) is 2. The highest BCUT2D eigenvalue weighted by molar-refractivity contribution is 7.15. The van der Waals surface area contributed by atoms with Crippen LogP contribution in [0.4, 0.5) is 0 Å². The van der Waals surface area contributed by atoms with E-state index in [0.29, 0.717) is 0 Å². The predicted octanol–water partition coefficient (Wildman–Crippen LogP) is 5.34. The van der Waals surface area contributed by atoms with Crippen LogP contribution in [0.1, 0.15) is 28.6 Å². The number of pyridine rings is 1. The molecule has 0 saturated heterocycles. The molecular weight excluding hydrogens is 387 g/mol. The molecule has 2 N–H and O–H groups in total. The molecule has 0 aliphatic heterocycles. The number of hydrogen-bond acceptors (Lipinski definition) is 3. The van der Waals surface area contributed by atoms with Gasteiger partial charge in [0.05, 0.1) is 0 Å². The Morgan fingerprint density at radius 3 is 2.62 bits per heavy atom. The topological polar surface area (TPSA) is 44.9 Å². The van der Waals surface area contributed by atoms with Crippen molar-refractivity contribution in [3.8, 4) is 10.4 Å². The first-order chi connectivity index (χ1) is 12.1. The number of nitrogens with one attached hydrogen (secondary N) is 2. The van der Waals surface area contributed by atoms with Crippen molar-refractivity contribution in [2.45, 2.75) is 33.4 Å². The van der Waals surface area contributed by atoms with E-state index >= 15 is 0 Å². The van der Waals surface area contributed by atoms with Crippen LogP contribution in [0.5, 0.6) is 0 Å². The maximum absolute atomic E-state index is 11.9. The average Bonchev–Trinajstić information content (AvgIpc) is 3.05. The number of thiophene rings is 1. The molecule has 0 amide bonds. The van der Waals surface area contributed by atoms with Crippen molar-refractivity contribution in [3.63, 3.8) is 0 Å². The van der Waals surface area contributed by atoms with Crippen molar-refractivity contribution < 1.29 is 0 Å². The zero-order chi connectivity index (χ0) is 17.8. The van der Waals surface area contributed by atoms with Crippen LogP contribution in [0.2, 0.25) is 5.02 Å². The SMILES string of the molecule is CCc1cc(-c2ccc(CNCc3ccccc3Cl)s2)c(C)[nH]c1=O.Cl. The molecule has 0 spiro atoms. The highest BCUT2D eigenvalue weighted by Crippen LogP contribution is 2.30. The smallest absolute Gasteiger partial charge is 0.251 e. The van der Waals surface area contributed by atoms with E-state index in [2.05, 4.69) is 22.4 Å². The number of benzene rings is 1. The van der Waals surface area contributed by atoms with Gasteiger partial charge in [-0.1, -0.05) is 36.7 Å². The van der Waals surface area contributed by atoms with Gasteiger partial charge in [0.1, 0.15) is 0 Å². The molecule has 1 aromatic carbocycles. The second kappa shape index (κ2) is 9.38. The standard InChI is InChI=1S/C20H21ClN2OS.ClH/c1-3-14-10-17(13(2)23-20(14)24)19-9-8-16(25-19)12-22-11-15-6-4-5-7-18(15)21;/h4-10,22H,3,11-12H2,1-2H3,(H,23,24);1H. The minimum Gasteiger partial charge on any atom is -0.326 e. The first-order valence-corrected chi connectivity index (χ1v) is 9.54. The third kappa shape index (κ3) is 4.77. The van der Waals surface area contributed by atoms with Gasteiger partial charge in [0, 0.05) is 44.7 Å². The van der Waals surface area contributed by atoms with Crippen LogP contribution in [0.3, 0.4) is 0 Å². The number of aromatic amines is 1. The van der Waals surface area contributed by atoms with E-state index in [1.54, 1.807) is 11.3 Å². The Kier molecular flexibility index (Phi) is 7.47. The highest BCUT2D eigenvalue weighted by atomic mass is 35.5. The number of halogens is 2. The molecule has 0 radical (unpaired) electrons. The molecule has 138 valence electrons. The van der Waals surface area contributed by atoms with E-state index in [1.165, 1.54) is 9.75 Å². The van der Waals surface area contributed by atoms with E-state index in [4.69, 9.17) is 11.6 Å². The lowest BCUT2D eigenvalue weighted by Gasteiger charge is -2.06. The van der Waals surface area contributed by atoms with Gasteiger partial charge in [0.25, 0.3) is 5.56 Å². The Labute approximate surface area is 168 Å². The van der Waals surface area contributed by atoms with Gasteiger partial charge in [-0.25, -0.2) is 0 Å². The molecule has 0 unspecified atom stereocenters. The predicted molar refractivity (Wildman–Crippen MR) is 114 cm³/mol. The summed E-state index contributed by atoms with van der Waals surface area (Å²) < 4.78 is 0. The molecule has 3 aromatic rings. The Morgan fingerprint density at radius 2 is 1.88 bits per heavy atom. The summed E-state index contributed by atoms with van der Waals surface area (Å²) in [6.07, 6.45) is 0.736. The summed E-state index contributed by atoms with van der Waals surface area (Å²) in [5.41, 5.74) is 3.97. The lowest BCUT2D eigenvalue weighted by atomic mass is 10.1. The molecule has 26 heavy (non-hydrogen) atoms. The molecule has 0 saturated carbocycles. The summed E-state index contributed by atoms with van der Waals surface area (Å²) in [7, 11) is 0. The highest BCUT2D eigenvalue weighted by Gasteiger charge is 2.09. The van der Waals surface area contributed by atoms with Crippen LogP contribution in [0.25, 0.3) is 10.4 Å². The number of rotatable bonds is 6. The molecule has 3 nitrogen and oxygen atoms in total. The molecule has 0 aliphatic carbocycles. The summed E-state index contributed by atoms with van der Waals surface area (Å²) in [4.78, 5) is 17.3. The van der Waals surface area contributed by atoms with Crippen LogP contribution in [0, 0.1) is 6.92 Å². The fourth-order valence-electron chi connectivity index (χ4n) is 2.76. The van der Waals surface area contributed by atoms with Gasteiger partial charge in [-0.3, -0.25) is 4.79 Å². The van der Waals surface area contributed by atoms with Crippen molar-refractivity contribution >= 4 is 35.3 Å². The fourth-order valence-corrected chi connectivity index (χ4v) is 4.02. The number of aromatic nitrogens is 1. The maximum Gasteiger partial charge on any atom is 0.251 e. The average molecular weight is 409 g/mol. The van der Waals surface area contributed by atoms with Crippen molar-refractivity contribution in [2.24, 2.45) is 0 Å². The molecule has 2 heterocycles. The summed E-state index contributed by atoms with van der Waals surface area (Å²) >= 11 is 7.93. The van der Waals surface area contributed by atoms with E-state index in [0.717, 1.165) is 46.9 Å². The normalized spacial score (nSPS) is 10.6. The van der Waals surface area contributed by atoms with Crippen LogP contribution in [-0.4, -0.2) is 4.98 Å². The molecule has 3 rings (SSSR count). The van der Waals surface area contributed by atoms with Crippen molar-refractivity contribution in [1.82, 2.24) is 10.3 Å². The largest absolute Gasteiger partial charge is 0.326 e. The van der Waals surface area contributed by atoms with E-state index in [-0.39, 0.29) is 18.0 Å². The molecule has 6 heteroatoms. The zero-order valence-electron chi connectivity index (χ0n) is 14.8. The molecule has 0 atom stereocenters. The monoisotopic (exact) mass is 408 g/mol. The maximum atomic E-state index is 11.9. The van der Waals surface area contributed by atoms with Gasteiger partial charge in [0.15, 0.2) is 0 Å². The van der Waals surface area contributed by atoms with Crippen molar-refractivity contribution in [3.05, 3.63) is 79.5 Å². The first kappa shape index (κ1) is 20.7. The molecule has 0 fully saturated rings. The van der Waals surface area contributed by atoms with Gasteiger partial charge in [-0.15, -0.1) is 23.7 Å². The van der Waals surface area contributed by atoms with Gasteiger partial charge in [0.2, 0.25) is 0 Å². The van der Waals surface area contributed by atoms with Crippen LogP contribution >= 0.6 is 35.3 Å². The molecule has 0 aliphatic rings. The Balaban J connectivity index is 0.00000243. The van der Waals surface area contributed by atoms with Crippen LogP contribution in [-0.2, 0) is 19.5 Å². The van der Waals surface area contributed by atoms with Gasteiger partial charge >= 0.3 is 0 Å². The number of H-pyrrole nitrogens is 1. The fraction of sp³-hybridized carbons (Fsp3) is 0.250. The Hall–Kier alpha value is -1.59. The molecular formula is C20H22Cl2N2OS. The minimum atomic E-state index is 0. The third-order valence-corrected chi connectivity index (χ3v) is 5.68. The third-order valence-electron chi connectivity index (χ3n) is 4.20. The van der Waals surface area contributed by atoms with Crippen molar-refractivity contribution in [1.29, 1.82) is 0 Å². The quantitative estimate of drug-likeness (QED) is 0.577. The lowest BCUT2D eigenvalue weighted by molar-refractivity contribution is 0.701. The zero-order valence-corrected chi connectivity index (χ0v) is 17.2. The number of aryl methyl sites for hydroxylation is 2.